The second-order valence-corrected chi connectivity index (χ2v) is 3.44. The van der Waals surface area contributed by atoms with Gasteiger partial charge in [-0.25, -0.2) is 4.98 Å². The van der Waals surface area contributed by atoms with Gasteiger partial charge < -0.3 is 4.74 Å². The number of methoxy groups -OCH3 is 1. The van der Waals surface area contributed by atoms with Gasteiger partial charge in [0.15, 0.2) is 12.4 Å². The van der Waals surface area contributed by atoms with Gasteiger partial charge in [-0.2, -0.15) is 0 Å². The second kappa shape index (κ2) is 5.12. The SMILES string of the molecule is COc1ccc(/C=C/c2cc[nH+]cc2)cc1. The van der Waals surface area contributed by atoms with Crippen LogP contribution >= 0.6 is 0 Å². The fourth-order valence-corrected chi connectivity index (χ4v) is 1.42. The molecule has 2 aromatic rings. The largest absolute Gasteiger partial charge is 0.497 e. The van der Waals surface area contributed by atoms with Crippen molar-refractivity contribution in [1.29, 1.82) is 0 Å². The molecule has 0 aliphatic carbocycles. The molecule has 1 N–H and O–H groups in total. The van der Waals surface area contributed by atoms with Gasteiger partial charge in [0.05, 0.1) is 7.11 Å². The van der Waals surface area contributed by atoms with Gasteiger partial charge in [-0.1, -0.05) is 24.3 Å². The highest BCUT2D eigenvalue weighted by molar-refractivity contribution is 5.69. The average molecular weight is 212 g/mol. The van der Waals surface area contributed by atoms with Crippen LogP contribution in [-0.2, 0) is 0 Å². The summed E-state index contributed by atoms with van der Waals surface area (Å²) in [5.74, 6) is 0.881. The van der Waals surface area contributed by atoms with Gasteiger partial charge >= 0.3 is 0 Å². The van der Waals surface area contributed by atoms with Crippen molar-refractivity contribution in [3.63, 3.8) is 0 Å². The highest BCUT2D eigenvalue weighted by Crippen LogP contribution is 2.13. The first-order chi connectivity index (χ1) is 7.88. The van der Waals surface area contributed by atoms with Gasteiger partial charge in [-0.3, -0.25) is 0 Å². The summed E-state index contributed by atoms with van der Waals surface area (Å²) in [4.78, 5) is 3.00. The number of benzene rings is 1. The van der Waals surface area contributed by atoms with Crippen LogP contribution < -0.4 is 9.72 Å². The number of ether oxygens (including phenoxy) is 1. The smallest absolute Gasteiger partial charge is 0.167 e. The summed E-state index contributed by atoms with van der Waals surface area (Å²) in [5, 5.41) is 0. The van der Waals surface area contributed by atoms with Crippen LogP contribution in [0.4, 0.5) is 0 Å². The average Bonchev–Trinajstić information content (AvgIpc) is 2.38. The van der Waals surface area contributed by atoms with Crippen molar-refractivity contribution in [1.82, 2.24) is 0 Å². The molecule has 16 heavy (non-hydrogen) atoms. The minimum atomic E-state index is 0.881. The number of hydrogen-bond donors (Lipinski definition) is 0. The molecule has 0 saturated carbocycles. The topological polar surface area (TPSA) is 23.4 Å². The van der Waals surface area contributed by atoms with Gasteiger partial charge in [0.2, 0.25) is 0 Å². The van der Waals surface area contributed by atoms with E-state index in [1.807, 2.05) is 48.8 Å². The molecule has 1 aromatic heterocycles. The molecule has 0 aliphatic rings. The number of rotatable bonds is 3. The Morgan fingerprint density at radius 1 is 0.875 bits per heavy atom. The van der Waals surface area contributed by atoms with E-state index in [-0.39, 0.29) is 0 Å². The van der Waals surface area contributed by atoms with Crippen molar-refractivity contribution < 1.29 is 9.72 Å². The van der Waals surface area contributed by atoms with Crippen LogP contribution in [0.1, 0.15) is 11.1 Å². The number of aromatic nitrogens is 1. The van der Waals surface area contributed by atoms with Crippen LogP contribution in [0.15, 0.2) is 48.8 Å². The van der Waals surface area contributed by atoms with Crippen molar-refractivity contribution in [3.8, 4) is 5.75 Å². The lowest BCUT2D eigenvalue weighted by Gasteiger charge is -1.98. The van der Waals surface area contributed by atoms with Gasteiger partial charge in [0, 0.05) is 12.1 Å². The van der Waals surface area contributed by atoms with E-state index < -0.39 is 0 Å². The predicted octanol–water partition coefficient (Wildman–Crippen LogP) is 2.68. The highest BCUT2D eigenvalue weighted by atomic mass is 16.5. The molecular weight excluding hydrogens is 198 g/mol. The molecule has 2 nitrogen and oxygen atoms in total. The first-order valence-electron chi connectivity index (χ1n) is 5.17. The molecule has 2 rings (SSSR count). The van der Waals surface area contributed by atoms with Crippen molar-refractivity contribution in [3.05, 3.63) is 59.9 Å². The van der Waals surface area contributed by atoms with E-state index in [2.05, 4.69) is 17.1 Å². The minimum Gasteiger partial charge on any atom is -0.497 e. The molecule has 0 aliphatic heterocycles. The molecule has 1 aromatic carbocycles. The summed E-state index contributed by atoms with van der Waals surface area (Å²) in [5.41, 5.74) is 2.34. The standard InChI is InChI=1S/C14H13NO/c1-16-14-6-4-12(5-7-14)2-3-13-8-10-15-11-9-13/h2-11H,1H3/p+1/b3-2+. The predicted molar refractivity (Wildman–Crippen MR) is 64.9 cm³/mol. The number of hydrogen-bond acceptors (Lipinski definition) is 1. The van der Waals surface area contributed by atoms with Crippen LogP contribution in [0.2, 0.25) is 0 Å². The lowest BCUT2D eigenvalue weighted by atomic mass is 10.1. The third kappa shape index (κ3) is 2.70. The molecular formula is C14H14NO+. The Morgan fingerprint density at radius 3 is 2.00 bits per heavy atom. The Kier molecular flexibility index (Phi) is 3.34. The van der Waals surface area contributed by atoms with E-state index in [0.29, 0.717) is 0 Å². The second-order valence-electron chi connectivity index (χ2n) is 3.44. The number of aromatic amines is 1. The quantitative estimate of drug-likeness (QED) is 0.767. The molecule has 80 valence electrons. The zero-order valence-corrected chi connectivity index (χ0v) is 9.18. The molecule has 0 saturated heterocycles. The van der Waals surface area contributed by atoms with E-state index in [9.17, 15) is 0 Å². The molecule has 2 heteroatoms. The Morgan fingerprint density at radius 2 is 1.44 bits per heavy atom. The van der Waals surface area contributed by atoms with Gasteiger partial charge in [-0.15, -0.1) is 0 Å². The van der Waals surface area contributed by atoms with Crippen molar-refractivity contribution in [2.45, 2.75) is 0 Å². The first-order valence-corrected chi connectivity index (χ1v) is 5.17. The molecule has 1 heterocycles. The lowest BCUT2D eigenvalue weighted by Crippen LogP contribution is -1.96. The van der Waals surface area contributed by atoms with Crippen molar-refractivity contribution >= 4 is 12.2 Å². The maximum atomic E-state index is 5.10. The van der Waals surface area contributed by atoms with E-state index in [1.165, 1.54) is 5.56 Å². The molecule has 0 unspecified atom stereocenters. The molecule has 0 spiro atoms. The van der Waals surface area contributed by atoms with E-state index in [1.54, 1.807) is 7.11 Å². The maximum absolute atomic E-state index is 5.10. The summed E-state index contributed by atoms with van der Waals surface area (Å²) >= 11 is 0. The van der Waals surface area contributed by atoms with Crippen LogP contribution in [0.25, 0.3) is 12.2 Å². The third-order valence-electron chi connectivity index (χ3n) is 2.33. The summed E-state index contributed by atoms with van der Waals surface area (Å²) in [7, 11) is 1.67. The summed E-state index contributed by atoms with van der Waals surface area (Å²) < 4.78 is 5.10. The monoisotopic (exact) mass is 212 g/mol. The van der Waals surface area contributed by atoms with Crippen LogP contribution in [0.5, 0.6) is 5.75 Å². The van der Waals surface area contributed by atoms with Crippen molar-refractivity contribution in [2.24, 2.45) is 0 Å². The van der Waals surface area contributed by atoms with Gasteiger partial charge in [-0.05, 0) is 23.3 Å². The summed E-state index contributed by atoms with van der Waals surface area (Å²) in [6.45, 7) is 0. The first kappa shape index (κ1) is 10.4. The van der Waals surface area contributed by atoms with Crippen LogP contribution in [-0.4, -0.2) is 7.11 Å². The van der Waals surface area contributed by atoms with Crippen molar-refractivity contribution in [2.75, 3.05) is 7.11 Å². The zero-order chi connectivity index (χ0) is 11.2. The van der Waals surface area contributed by atoms with Crippen LogP contribution in [0.3, 0.4) is 0 Å². The number of pyridine rings is 1. The maximum Gasteiger partial charge on any atom is 0.167 e. The fourth-order valence-electron chi connectivity index (χ4n) is 1.42. The van der Waals surface area contributed by atoms with Gasteiger partial charge in [0.1, 0.15) is 5.75 Å². The van der Waals surface area contributed by atoms with E-state index in [0.717, 1.165) is 11.3 Å². The Bertz CT molecular complexity index is 460. The van der Waals surface area contributed by atoms with E-state index in [4.69, 9.17) is 4.74 Å². The minimum absolute atomic E-state index is 0.881. The van der Waals surface area contributed by atoms with Gasteiger partial charge in [0.25, 0.3) is 0 Å². The summed E-state index contributed by atoms with van der Waals surface area (Å²) in [6, 6.07) is 12.0. The van der Waals surface area contributed by atoms with E-state index >= 15 is 0 Å². The summed E-state index contributed by atoms with van der Waals surface area (Å²) in [6.07, 6.45) is 7.98. The number of nitrogens with one attached hydrogen (secondary N) is 1. The molecule has 0 bridgehead atoms. The lowest BCUT2D eigenvalue weighted by molar-refractivity contribution is -0.378. The van der Waals surface area contributed by atoms with Crippen LogP contribution in [0, 0.1) is 0 Å². The molecule has 0 fully saturated rings. The Labute approximate surface area is 95.2 Å². The third-order valence-corrected chi connectivity index (χ3v) is 2.33. The Balaban J connectivity index is 2.12. The molecule has 0 radical (unpaired) electrons. The number of H-pyrrole nitrogens is 1. The Hall–Kier alpha value is -2.09. The normalized spacial score (nSPS) is 10.6. The molecule has 0 atom stereocenters. The molecule has 0 amide bonds. The highest BCUT2D eigenvalue weighted by Gasteiger charge is 1.91. The fraction of sp³-hybridized carbons (Fsp3) is 0.0714. The zero-order valence-electron chi connectivity index (χ0n) is 9.18.